The first kappa shape index (κ1) is 23.7. The fourth-order valence-corrected chi connectivity index (χ4v) is 4.21. The van der Waals surface area contributed by atoms with E-state index < -0.39 is 5.60 Å². The average Bonchev–Trinajstić information content (AvgIpc) is 3.23. The molecule has 0 radical (unpaired) electrons. The molecule has 2 N–H and O–H groups in total. The second-order valence-electron chi connectivity index (χ2n) is 9.07. The Morgan fingerprint density at radius 3 is 2.70 bits per heavy atom. The van der Waals surface area contributed by atoms with E-state index in [0.29, 0.717) is 32.7 Å². The highest BCUT2D eigenvalue weighted by Gasteiger charge is 2.36. The molecule has 4 rings (SSSR count). The fourth-order valence-electron chi connectivity index (χ4n) is 4.21. The van der Waals surface area contributed by atoms with Gasteiger partial charge in [-0.15, -0.1) is 0 Å². The Morgan fingerprint density at radius 2 is 1.94 bits per heavy atom. The number of benzene rings is 1. The molecule has 3 heterocycles. The van der Waals surface area contributed by atoms with Crippen LogP contribution in [0, 0.1) is 0 Å². The molecule has 9 nitrogen and oxygen atoms in total. The molecule has 2 aromatic rings. The van der Waals surface area contributed by atoms with Gasteiger partial charge in [-0.3, -0.25) is 4.90 Å². The number of nitrogens with zero attached hydrogens (tertiary/aromatic N) is 5. The number of hydrogen-bond donors (Lipinski definition) is 2. The van der Waals surface area contributed by atoms with E-state index in [2.05, 4.69) is 37.2 Å². The van der Waals surface area contributed by atoms with Gasteiger partial charge in [0.05, 0.1) is 18.8 Å². The van der Waals surface area contributed by atoms with Gasteiger partial charge in [-0.25, -0.2) is 9.97 Å². The molecule has 0 bridgehead atoms. The van der Waals surface area contributed by atoms with E-state index >= 15 is 0 Å². The van der Waals surface area contributed by atoms with Crippen molar-refractivity contribution in [2.45, 2.75) is 18.6 Å². The molecular formula is C24H36N6O3. The molecule has 9 heteroatoms. The van der Waals surface area contributed by atoms with Crippen LogP contribution in [0.3, 0.4) is 0 Å². The van der Waals surface area contributed by atoms with Gasteiger partial charge in [0.25, 0.3) is 0 Å². The summed E-state index contributed by atoms with van der Waals surface area (Å²) in [6.45, 7) is 7.76. The van der Waals surface area contributed by atoms with Gasteiger partial charge in [0.2, 0.25) is 0 Å². The zero-order valence-electron chi connectivity index (χ0n) is 19.7. The summed E-state index contributed by atoms with van der Waals surface area (Å²) < 4.78 is 11.3. The van der Waals surface area contributed by atoms with Gasteiger partial charge >= 0.3 is 0 Å². The summed E-state index contributed by atoms with van der Waals surface area (Å²) in [5, 5.41) is 14.5. The Balaban J connectivity index is 1.18. The maximum absolute atomic E-state index is 11.0. The van der Waals surface area contributed by atoms with E-state index in [4.69, 9.17) is 9.47 Å². The van der Waals surface area contributed by atoms with Crippen molar-refractivity contribution < 1.29 is 14.6 Å². The minimum atomic E-state index is -0.772. The van der Waals surface area contributed by atoms with Gasteiger partial charge in [0.15, 0.2) is 0 Å². The molecule has 2 aliphatic heterocycles. The molecule has 2 fully saturated rings. The first-order chi connectivity index (χ1) is 16.0. The van der Waals surface area contributed by atoms with Gasteiger partial charge in [-0.2, -0.15) is 0 Å². The number of morpholine rings is 1. The second-order valence-corrected chi connectivity index (χ2v) is 9.07. The van der Waals surface area contributed by atoms with Crippen molar-refractivity contribution in [2.75, 3.05) is 83.0 Å². The number of anilines is 2. The summed E-state index contributed by atoms with van der Waals surface area (Å²) in [6.07, 6.45) is 2.29. The Hall–Kier alpha value is -2.46. The highest BCUT2D eigenvalue weighted by Crippen LogP contribution is 2.26. The molecule has 2 aliphatic rings. The van der Waals surface area contributed by atoms with Gasteiger partial charge in [0.1, 0.15) is 30.3 Å². The SMILES string of the molecule is CN(C)c1cc(N2CC[C@](O)(CNCc3ccc(OCCN4CCOCC4)cc3)C2)ncn1. The van der Waals surface area contributed by atoms with E-state index in [0.717, 1.165) is 56.8 Å². The first-order valence-electron chi connectivity index (χ1n) is 11.7. The minimum Gasteiger partial charge on any atom is -0.492 e. The number of hydrogen-bond acceptors (Lipinski definition) is 9. The maximum Gasteiger partial charge on any atom is 0.134 e. The Labute approximate surface area is 196 Å². The smallest absolute Gasteiger partial charge is 0.134 e. The van der Waals surface area contributed by atoms with E-state index in [1.165, 1.54) is 5.56 Å². The number of nitrogens with one attached hydrogen (secondary N) is 1. The lowest BCUT2D eigenvalue weighted by Crippen LogP contribution is -2.43. The van der Waals surface area contributed by atoms with Crippen molar-refractivity contribution in [3.05, 3.63) is 42.2 Å². The van der Waals surface area contributed by atoms with Crippen LogP contribution in [0.4, 0.5) is 11.6 Å². The summed E-state index contributed by atoms with van der Waals surface area (Å²) in [4.78, 5) is 15.1. The lowest BCUT2D eigenvalue weighted by atomic mass is 10.0. The number of aliphatic hydroxyl groups is 1. The van der Waals surface area contributed by atoms with Gasteiger partial charge in [-0.1, -0.05) is 12.1 Å². The summed E-state index contributed by atoms with van der Waals surface area (Å²) in [5.74, 6) is 2.61. The minimum absolute atomic E-state index is 0.535. The van der Waals surface area contributed by atoms with Crippen molar-refractivity contribution in [3.8, 4) is 5.75 Å². The van der Waals surface area contributed by atoms with Crippen LogP contribution in [0.5, 0.6) is 5.75 Å². The first-order valence-corrected chi connectivity index (χ1v) is 11.7. The van der Waals surface area contributed by atoms with Crippen LogP contribution in [0.25, 0.3) is 0 Å². The van der Waals surface area contributed by atoms with E-state index in [9.17, 15) is 5.11 Å². The largest absolute Gasteiger partial charge is 0.492 e. The molecule has 0 saturated carbocycles. The number of aromatic nitrogens is 2. The van der Waals surface area contributed by atoms with Crippen molar-refractivity contribution in [1.82, 2.24) is 20.2 Å². The van der Waals surface area contributed by atoms with Crippen LogP contribution in [0.15, 0.2) is 36.7 Å². The molecule has 180 valence electrons. The van der Waals surface area contributed by atoms with Crippen LogP contribution < -0.4 is 19.9 Å². The monoisotopic (exact) mass is 456 g/mol. The zero-order valence-corrected chi connectivity index (χ0v) is 19.7. The van der Waals surface area contributed by atoms with Crippen LogP contribution in [-0.2, 0) is 11.3 Å². The number of β-amino-alcohol motifs (C(OH)–C–C–N with tert-alkyl or cyclic N) is 1. The van der Waals surface area contributed by atoms with Crippen LogP contribution in [0.2, 0.25) is 0 Å². The predicted octanol–water partition coefficient (Wildman–Crippen LogP) is 0.985. The quantitative estimate of drug-likeness (QED) is 0.543. The molecule has 1 aromatic heterocycles. The summed E-state index contributed by atoms with van der Waals surface area (Å²) in [6, 6.07) is 10.1. The van der Waals surface area contributed by atoms with Crippen molar-refractivity contribution in [3.63, 3.8) is 0 Å². The molecule has 0 aliphatic carbocycles. The molecule has 33 heavy (non-hydrogen) atoms. The average molecular weight is 457 g/mol. The van der Waals surface area contributed by atoms with Crippen molar-refractivity contribution in [1.29, 1.82) is 0 Å². The molecule has 0 spiro atoms. The Morgan fingerprint density at radius 1 is 1.15 bits per heavy atom. The van der Waals surface area contributed by atoms with Crippen molar-refractivity contribution >= 4 is 11.6 Å². The van der Waals surface area contributed by atoms with Crippen LogP contribution in [0.1, 0.15) is 12.0 Å². The third kappa shape index (κ3) is 6.77. The third-order valence-electron chi connectivity index (χ3n) is 6.24. The fraction of sp³-hybridized carbons (Fsp3) is 0.583. The second kappa shape index (κ2) is 11.1. The summed E-state index contributed by atoms with van der Waals surface area (Å²) in [5.41, 5.74) is 0.395. The number of ether oxygens (including phenoxy) is 2. The maximum atomic E-state index is 11.0. The van der Waals surface area contributed by atoms with Gasteiger partial charge < -0.3 is 29.7 Å². The predicted molar refractivity (Wildman–Crippen MR) is 129 cm³/mol. The van der Waals surface area contributed by atoms with Gasteiger partial charge in [-0.05, 0) is 24.1 Å². The Bertz CT molecular complexity index is 875. The third-order valence-corrected chi connectivity index (χ3v) is 6.24. The molecule has 0 unspecified atom stereocenters. The molecule has 1 atom stereocenters. The summed E-state index contributed by atoms with van der Waals surface area (Å²) in [7, 11) is 3.92. The molecule has 1 aromatic carbocycles. The van der Waals surface area contributed by atoms with Crippen molar-refractivity contribution in [2.24, 2.45) is 0 Å². The lowest BCUT2D eigenvalue weighted by molar-refractivity contribution is 0.0322. The summed E-state index contributed by atoms with van der Waals surface area (Å²) >= 11 is 0. The van der Waals surface area contributed by atoms with Crippen LogP contribution in [-0.4, -0.2) is 98.8 Å². The zero-order chi connectivity index (χ0) is 23.1. The standard InChI is InChI=1S/C24H36N6O3/c1-28(2)22-15-23(27-19-26-22)30-8-7-24(31,18-30)17-25-16-20-3-5-21(6-4-20)33-14-11-29-9-12-32-13-10-29/h3-6,15,19,25,31H,7-14,16-18H2,1-2H3/t24-/m0/s1. The Kier molecular flexibility index (Phi) is 7.97. The van der Waals surface area contributed by atoms with E-state index in [1.54, 1.807) is 6.33 Å². The van der Waals surface area contributed by atoms with Crippen LogP contribution >= 0.6 is 0 Å². The topological polar surface area (TPSA) is 86.2 Å². The molecule has 0 amide bonds. The van der Waals surface area contributed by atoms with E-state index in [1.807, 2.05) is 37.2 Å². The van der Waals surface area contributed by atoms with Gasteiger partial charge in [0, 0.05) is 66.0 Å². The van der Waals surface area contributed by atoms with E-state index in [-0.39, 0.29) is 0 Å². The highest BCUT2D eigenvalue weighted by molar-refractivity contribution is 5.50. The normalized spacial score (nSPS) is 21.4. The molecular weight excluding hydrogens is 420 g/mol. The molecule has 2 saturated heterocycles. The lowest BCUT2D eigenvalue weighted by Gasteiger charge is -2.26. The highest BCUT2D eigenvalue weighted by atomic mass is 16.5. The number of rotatable bonds is 10.